The normalized spacial score (nSPS) is 13.1. The average molecular weight is 327 g/mol. The first-order chi connectivity index (χ1) is 11.3. The van der Waals surface area contributed by atoms with Crippen LogP contribution in [-0.4, -0.2) is 16.9 Å². The van der Waals surface area contributed by atoms with Crippen molar-refractivity contribution in [2.24, 2.45) is 0 Å². The van der Waals surface area contributed by atoms with E-state index in [0.29, 0.717) is 5.56 Å². The zero-order chi connectivity index (χ0) is 17.9. The monoisotopic (exact) mass is 327 g/mol. The van der Waals surface area contributed by atoms with Crippen molar-refractivity contribution in [3.05, 3.63) is 69.3 Å². The number of carbonyl (C=O) groups excluding carboxylic acids is 1. The van der Waals surface area contributed by atoms with E-state index in [2.05, 4.69) is 5.32 Å². The number of nitrogens with two attached hydrogens (primary N) is 1. The van der Waals surface area contributed by atoms with E-state index in [9.17, 15) is 14.9 Å². The molecular weight excluding hydrogens is 306 g/mol. The molecule has 2 aromatic rings. The van der Waals surface area contributed by atoms with Gasteiger partial charge in [-0.1, -0.05) is 37.3 Å². The molecule has 0 heterocycles. The molecule has 126 valence electrons. The fourth-order valence-electron chi connectivity index (χ4n) is 2.57. The highest BCUT2D eigenvalue weighted by atomic mass is 16.6. The van der Waals surface area contributed by atoms with Crippen molar-refractivity contribution in [2.75, 3.05) is 5.73 Å². The number of amides is 1. The van der Waals surface area contributed by atoms with Crippen molar-refractivity contribution in [1.29, 1.82) is 0 Å². The maximum atomic E-state index is 12.5. The van der Waals surface area contributed by atoms with Gasteiger partial charge in [0.1, 0.15) is 5.69 Å². The van der Waals surface area contributed by atoms with Gasteiger partial charge in [0.25, 0.3) is 11.6 Å². The molecule has 2 rings (SSSR count). The van der Waals surface area contributed by atoms with Gasteiger partial charge in [0.05, 0.1) is 10.5 Å². The predicted molar refractivity (Wildman–Crippen MR) is 94.0 cm³/mol. The average Bonchev–Trinajstić information content (AvgIpc) is 2.56. The first-order valence-electron chi connectivity index (χ1n) is 7.71. The Morgan fingerprint density at radius 1 is 1.21 bits per heavy atom. The van der Waals surface area contributed by atoms with E-state index in [4.69, 9.17) is 5.73 Å². The van der Waals surface area contributed by atoms with Gasteiger partial charge < -0.3 is 11.1 Å². The van der Waals surface area contributed by atoms with Gasteiger partial charge in [-0.05, 0) is 31.0 Å². The molecule has 3 N–H and O–H groups in total. The summed E-state index contributed by atoms with van der Waals surface area (Å²) in [6.45, 7) is 5.61. The zero-order valence-corrected chi connectivity index (χ0v) is 13.9. The van der Waals surface area contributed by atoms with Crippen LogP contribution in [0.1, 0.15) is 41.3 Å². The Bertz CT molecular complexity index is 760. The standard InChI is InChI=1S/C18H21N3O3/c1-11-9-15(17(19)16(10-11)21(23)24)18(22)20-13(3)12(2)14-7-5-4-6-8-14/h4-10,12-13H,19H2,1-3H3,(H,20,22)/t12-,13-/m1/s1. The fourth-order valence-corrected chi connectivity index (χ4v) is 2.57. The smallest absolute Gasteiger partial charge is 0.293 e. The maximum Gasteiger partial charge on any atom is 0.293 e. The van der Waals surface area contributed by atoms with Gasteiger partial charge in [-0.25, -0.2) is 0 Å². The minimum Gasteiger partial charge on any atom is -0.393 e. The third-order valence-corrected chi connectivity index (χ3v) is 4.18. The van der Waals surface area contributed by atoms with E-state index in [0.717, 1.165) is 5.56 Å². The number of nitrogen functional groups attached to an aromatic ring is 1. The number of nitro groups is 1. The molecule has 0 aromatic heterocycles. The summed E-state index contributed by atoms with van der Waals surface area (Å²) >= 11 is 0. The van der Waals surface area contributed by atoms with E-state index in [1.54, 1.807) is 13.0 Å². The summed E-state index contributed by atoms with van der Waals surface area (Å²) < 4.78 is 0. The number of hydrogen-bond donors (Lipinski definition) is 2. The van der Waals surface area contributed by atoms with Gasteiger partial charge in [-0.15, -0.1) is 0 Å². The molecule has 2 atom stereocenters. The van der Waals surface area contributed by atoms with Crippen LogP contribution in [-0.2, 0) is 0 Å². The predicted octanol–water partition coefficient (Wildman–Crippen LogP) is 3.41. The van der Waals surface area contributed by atoms with Crippen LogP contribution >= 0.6 is 0 Å². The summed E-state index contributed by atoms with van der Waals surface area (Å²) in [6.07, 6.45) is 0. The molecule has 0 saturated carbocycles. The molecule has 0 saturated heterocycles. The lowest BCUT2D eigenvalue weighted by Crippen LogP contribution is -2.36. The minimum absolute atomic E-state index is 0.0937. The van der Waals surface area contributed by atoms with Gasteiger partial charge in [0, 0.05) is 18.0 Å². The van der Waals surface area contributed by atoms with Crippen molar-refractivity contribution in [1.82, 2.24) is 5.32 Å². The molecule has 0 spiro atoms. The zero-order valence-electron chi connectivity index (χ0n) is 13.9. The molecule has 1 amide bonds. The van der Waals surface area contributed by atoms with Crippen LogP contribution < -0.4 is 11.1 Å². The van der Waals surface area contributed by atoms with Crippen LogP contribution in [0, 0.1) is 17.0 Å². The summed E-state index contributed by atoms with van der Waals surface area (Å²) in [5.74, 6) is -0.314. The summed E-state index contributed by atoms with van der Waals surface area (Å²) in [7, 11) is 0. The van der Waals surface area contributed by atoms with Crippen LogP contribution in [0.3, 0.4) is 0 Å². The van der Waals surface area contributed by atoms with E-state index in [-0.39, 0.29) is 28.9 Å². The Morgan fingerprint density at radius 2 is 1.83 bits per heavy atom. The Kier molecular flexibility index (Phi) is 5.18. The highest BCUT2D eigenvalue weighted by Gasteiger charge is 2.23. The molecule has 6 nitrogen and oxygen atoms in total. The van der Waals surface area contributed by atoms with Gasteiger partial charge in [-0.2, -0.15) is 0 Å². The lowest BCUT2D eigenvalue weighted by atomic mass is 9.94. The van der Waals surface area contributed by atoms with Crippen molar-refractivity contribution in [2.45, 2.75) is 32.7 Å². The Labute approximate surface area is 140 Å². The molecule has 0 aliphatic heterocycles. The molecular formula is C18H21N3O3. The van der Waals surface area contributed by atoms with Crippen LogP contribution in [0.2, 0.25) is 0 Å². The second-order valence-electron chi connectivity index (χ2n) is 5.96. The number of benzene rings is 2. The van der Waals surface area contributed by atoms with Crippen molar-refractivity contribution < 1.29 is 9.72 Å². The highest BCUT2D eigenvalue weighted by Crippen LogP contribution is 2.27. The molecule has 0 aliphatic rings. The van der Waals surface area contributed by atoms with Crippen LogP contribution in [0.15, 0.2) is 42.5 Å². The number of rotatable bonds is 5. The molecule has 0 radical (unpaired) electrons. The third kappa shape index (κ3) is 3.71. The number of nitrogens with one attached hydrogen (secondary N) is 1. The molecule has 0 bridgehead atoms. The molecule has 0 unspecified atom stereocenters. The van der Waals surface area contributed by atoms with Crippen LogP contribution in [0.25, 0.3) is 0 Å². The number of carbonyl (C=O) groups is 1. The van der Waals surface area contributed by atoms with Gasteiger partial charge in [0.15, 0.2) is 0 Å². The fraction of sp³-hybridized carbons (Fsp3) is 0.278. The molecule has 0 fully saturated rings. The van der Waals surface area contributed by atoms with Crippen molar-refractivity contribution >= 4 is 17.3 Å². The van der Waals surface area contributed by atoms with Gasteiger partial charge in [-0.3, -0.25) is 14.9 Å². The molecule has 6 heteroatoms. The van der Waals surface area contributed by atoms with Gasteiger partial charge in [0.2, 0.25) is 0 Å². The lowest BCUT2D eigenvalue weighted by Gasteiger charge is -2.22. The van der Waals surface area contributed by atoms with Crippen LogP contribution in [0.5, 0.6) is 0 Å². The largest absolute Gasteiger partial charge is 0.393 e. The summed E-state index contributed by atoms with van der Waals surface area (Å²) in [5.41, 5.74) is 7.31. The van der Waals surface area contributed by atoms with E-state index < -0.39 is 10.8 Å². The number of hydrogen-bond acceptors (Lipinski definition) is 4. The Hall–Kier alpha value is -2.89. The third-order valence-electron chi connectivity index (χ3n) is 4.18. The van der Waals surface area contributed by atoms with Crippen molar-refractivity contribution in [3.8, 4) is 0 Å². The quantitative estimate of drug-likeness (QED) is 0.499. The Morgan fingerprint density at radius 3 is 2.42 bits per heavy atom. The summed E-state index contributed by atoms with van der Waals surface area (Å²) in [4.78, 5) is 23.0. The number of anilines is 1. The Balaban J connectivity index is 2.22. The van der Waals surface area contributed by atoms with Crippen LogP contribution in [0.4, 0.5) is 11.4 Å². The van der Waals surface area contributed by atoms with E-state index in [1.165, 1.54) is 6.07 Å². The lowest BCUT2D eigenvalue weighted by molar-refractivity contribution is -0.384. The first-order valence-corrected chi connectivity index (χ1v) is 7.71. The second-order valence-corrected chi connectivity index (χ2v) is 5.96. The summed E-state index contributed by atoms with van der Waals surface area (Å²) in [6, 6.07) is 12.6. The number of nitrogens with zero attached hydrogens (tertiary/aromatic N) is 1. The summed E-state index contributed by atoms with van der Waals surface area (Å²) in [5, 5.41) is 13.9. The number of nitro benzene ring substituents is 1. The van der Waals surface area contributed by atoms with E-state index in [1.807, 2.05) is 44.2 Å². The molecule has 24 heavy (non-hydrogen) atoms. The molecule has 0 aliphatic carbocycles. The highest BCUT2D eigenvalue weighted by molar-refractivity contribution is 6.01. The maximum absolute atomic E-state index is 12.5. The van der Waals surface area contributed by atoms with Crippen molar-refractivity contribution in [3.63, 3.8) is 0 Å². The minimum atomic E-state index is -0.574. The number of aryl methyl sites for hydroxylation is 1. The second kappa shape index (κ2) is 7.12. The van der Waals surface area contributed by atoms with E-state index >= 15 is 0 Å². The SMILES string of the molecule is Cc1cc(C(=O)N[C@H](C)[C@@H](C)c2ccccc2)c(N)c([N+](=O)[O-])c1. The molecule has 2 aromatic carbocycles. The first kappa shape index (κ1) is 17.5. The topological polar surface area (TPSA) is 98.3 Å². The van der Waals surface area contributed by atoms with Gasteiger partial charge >= 0.3 is 0 Å².